The smallest absolute Gasteiger partial charge is 0.315 e. The molecule has 2 aromatic carbocycles. The Morgan fingerprint density at radius 1 is 0.857 bits per heavy atom. The molecule has 0 atom stereocenters. The zero-order valence-corrected chi connectivity index (χ0v) is 15.2. The van der Waals surface area contributed by atoms with Crippen molar-refractivity contribution >= 4 is 6.03 Å². The molecule has 0 aliphatic heterocycles. The van der Waals surface area contributed by atoms with E-state index in [-0.39, 0.29) is 12.1 Å². The van der Waals surface area contributed by atoms with Crippen LogP contribution in [0.15, 0.2) is 100 Å². The molecule has 140 valence electrons. The SMILES string of the molecule is O=C(NCc1ccc(-c2ccoc2)o1)NC(c1ccccc1)c1ccccc1. The highest BCUT2D eigenvalue weighted by Gasteiger charge is 2.16. The second-order valence-corrected chi connectivity index (χ2v) is 6.36. The summed E-state index contributed by atoms with van der Waals surface area (Å²) in [6.07, 6.45) is 3.21. The van der Waals surface area contributed by atoms with Crippen molar-refractivity contribution in [2.75, 3.05) is 0 Å². The predicted molar refractivity (Wildman–Crippen MR) is 107 cm³/mol. The number of carbonyl (C=O) groups excluding carboxylic acids is 1. The van der Waals surface area contributed by atoms with E-state index < -0.39 is 0 Å². The Labute approximate surface area is 163 Å². The van der Waals surface area contributed by atoms with Crippen LogP contribution in [0.4, 0.5) is 4.79 Å². The fourth-order valence-electron chi connectivity index (χ4n) is 3.03. The minimum atomic E-state index is -0.265. The molecular weight excluding hydrogens is 352 g/mol. The normalized spacial score (nSPS) is 10.8. The molecule has 5 heteroatoms. The van der Waals surface area contributed by atoms with Gasteiger partial charge in [-0.05, 0) is 29.3 Å². The summed E-state index contributed by atoms with van der Waals surface area (Å²) in [5.41, 5.74) is 2.90. The van der Waals surface area contributed by atoms with Gasteiger partial charge in [-0.2, -0.15) is 0 Å². The maximum Gasteiger partial charge on any atom is 0.315 e. The van der Waals surface area contributed by atoms with Gasteiger partial charge in [0.15, 0.2) is 0 Å². The van der Waals surface area contributed by atoms with Gasteiger partial charge in [-0.15, -0.1) is 0 Å². The van der Waals surface area contributed by atoms with E-state index in [1.165, 1.54) is 0 Å². The lowest BCUT2D eigenvalue weighted by Crippen LogP contribution is -2.38. The van der Waals surface area contributed by atoms with Gasteiger partial charge >= 0.3 is 6.03 Å². The highest BCUT2D eigenvalue weighted by Crippen LogP contribution is 2.23. The Morgan fingerprint density at radius 3 is 2.14 bits per heavy atom. The van der Waals surface area contributed by atoms with Crippen molar-refractivity contribution in [3.63, 3.8) is 0 Å². The topological polar surface area (TPSA) is 67.4 Å². The van der Waals surface area contributed by atoms with Crippen LogP contribution in [0.1, 0.15) is 22.9 Å². The number of rotatable bonds is 6. The molecule has 0 saturated heterocycles. The van der Waals surface area contributed by atoms with E-state index in [4.69, 9.17) is 8.83 Å². The number of carbonyl (C=O) groups is 1. The zero-order chi connectivity index (χ0) is 19.2. The third kappa shape index (κ3) is 4.15. The molecule has 28 heavy (non-hydrogen) atoms. The number of furan rings is 2. The van der Waals surface area contributed by atoms with E-state index in [9.17, 15) is 4.79 Å². The maximum absolute atomic E-state index is 12.5. The monoisotopic (exact) mass is 372 g/mol. The number of nitrogens with one attached hydrogen (secondary N) is 2. The number of urea groups is 1. The first kappa shape index (κ1) is 17.7. The molecule has 2 amide bonds. The third-order valence-electron chi connectivity index (χ3n) is 4.43. The largest absolute Gasteiger partial charge is 0.472 e. The van der Waals surface area contributed by atoms with Crippen LogP contribution in [-0.4, -0.2) is 6.03 Å². The van der Waals surface area contributed by atoms with Crippen LogP contribution >= 0.6 is 0 Å². The average molecular weight is 372 g/mol. The van der Waals surface area contributed by atoms with Gasteiger partial charge in [-0.1, -0.05) is 60.7 Å². The van der Waals surface area contributed by atoms with Crippen molar-refractivity contribution in [1.82, 2.24) is 10.6 Å². The summed E-state index contributed by atoms with van der Waals surface area (Å²) in [6, 6.07) is 24.8. The molecule has 2 N–H and O–H groups in total. The van der Waals surface area contributed by atoms with Crippen molar-refractivity contribution in [1.29, 1.82) is 0 Å². The van der Waals surface area contributed by atoms with Gasteiger partial charge in [-0.3, -0.25) is 0 Å². The van der Waals surface area contributed by atoms with E-state index in [1.54, 1.807) is 12.5 Å². The van der Waals surface area contributed by atoms with E-state index in [0.717, 1.165) is 16.7 Å². The Hall–Kier alpha value is -3.73. The molecule has 2 heterocycles. The van der Waals surface area contributed by atoms with Crippen LogP contribution < -0.4 is 10.6 Å². The van der Waals surface area contributed by atoms with E-state index >= 15 is 0 Å². The lowest BCUT2D eigenvalue weighted by atomic mass is 9.99. The fourth-order valence-corrected chi connectivity index (χ4v) is 3.03. The van der Waals surface area contributed by atoms with Crippen molar-refractivity contribution < 1.29 is 13.6 Å². The molecule has 0 fully saturated rings. The number of hydrogen-bond acceptors (Lipinski definition) is 3. The van der Waals surface area contributed by atoms with Crippen LogP contribution in [0.25, 0.3) is 11.3 Å². The Bertz CT molecular complexity index is 969. The summed E-state index contributed by atoms with van der Waals surface area (Å²) >= 11 is 0. The van der Waals surface area contributed by atoms with Crippen molar-refractivity contribution in [3.05, 3.63) is 108 Å². The first-order valence-electron chi connectivity index (χ1n) is 9.05. The molecule has 0 saturated carbocycles. The van der Waals surface area contributed by atoms with E-state index in [0.29, 0.717) is 18.1 Å². The van der Waals surface area contributed by atoms with Gasteiger partial charge < -0.3 is 19.5 Å². The summed E-state index contributed by atoms with van der Waals surface area (Å²) in [4.78, 5) is 12.5. The molecule has 2 aromatic heterocycles. The molecule has 0 spiro atoms. The van der Waals surface area contributed by atoms with Crippen LogP contribution in [0.5, 0.6) is 0 Å². The van der Waals surface area contributed by atoms with E-state index in [1.807, 2.05) is 78.9 Å². The predicted octanol–water partition coefficient (Wildman–Crippen LogP) is 5.13. The molecule has 0 unspecified atom stereocenters. The highest BCUT2D eigenvalue weighted by atomic mass is 16.3. The minimum Gasteiger partial charge on any atom is -0.472 e. The Kier molecular flexibility index (Phi) is 5.24. The molecule has 4 aromatic rings. The lowest BCUT2D eigenvalue weighted by Gasteiger charge is -2.20. The van der Waals surface area contributed by atoms with Gasteiger partial charge in [0.25, 0.3) is 0 Å². The molecule has 0 bridgehead atoms. The minimum absolute atomic E-state index is 0.236. The first-order valence-corrected chi connectivity index (χ1v) is 9.05. The summed E-state index contributed by atoms with van der Waals surface area (Å²) in [7, 11) is 0. The number of hydrogen-bond donors (Lipinski definition) is 2. The van der Waals surface area contributed by atoms with Gasteiger partial charge in [0, 0.05) is 0 Å². The van der Waals surface area contributed by atoms with Crippen LogP contribution in [0.3, 0.4) is 0 Å². The molecule has 0 aliphatic rings. The van der Waals surface area contributed by atoms with Gasteiger partial charge in [0.1, 0.15) is 17.8 Å². The Morgan fingerprint density at radius 2 is 1.54 bits per heavy atom. The highest BCUT2D eigenvalue weighted by molar-refractivity contribution is 5.75. The molecular formula is C23H20N2O3. The van der Waals surface area contributed by atoms with Gasteiger partial charge in [-0.25, -0.2) is 4.79 Å². The van der Waals surface area contributed by atoms with Crippen molar-refractivity contribution in [2.24, 2.45) is 0 Å². The fraction of sp³-hybridized carbons (Fsp3) is 0.0870. The lowest BCUT2D eigenvalue weighted by molar-refractivity contribution is 0.237. The van der Waals surface area contributed by atoms with Crippen LogP contribution in [0.2, 0.25) is 0 Å². The van der Waals surface area contributed by atoms with Crippen LogP contribution in [-0.2, 0) is 6.54 Å². The maximum atomic E-state index is 12.5. The average Bonchev–Trinajstić information content (AvgIpc) is 3.43. The van der Waals surface area contributed by atoms with E-state index in [2.05, 4.69) is 10.6 Å². The molecule has 5 nitrogen and oxygen atoms in total. The third-order valence-corrected chi connectivity index (χ3v) is 4.43. The summed E-state index contributed by atoms with van der Waals surface area (Å²) in [6.45, 7) is 0.292. The first-order chi connectivity index (χ1) is 13.8. The second-order valence-electron chi connectivity index (χ2n) is 6.36. The summed E-state index contributed by atoms with van der Waals surface area (Å²) < 4.78 is 10.8. The van der Waals surface area contributed by atoms with Crippen molar-refractivity contribution in [2.45, 2.75) is 12.6 Å². The number of amides is 2. The quantitative estimate of drug-likeness (QED) is 0.493. The Balaban J connectivity index is 1.42. The summed E-state index contributed by atoms with van der Waals surface area (Å²) in [5, 5.41) is 5.91. The van der Waals surface area contributed by atoms with Gasteiger partial charge in [0.05, 0.1) is 24.4 Å². The molecule has 0 aliphatic carbocycles. The van der Waals surface area contributed by atoms with Crippen LogP contribution in [0, 0.1) is 0 Å². The molecule has 4 rings (SSSR count). The summed E-state index contributed by atoms with van der Waals surface area (Å²) in [5.74, 6) is 1.37. The second kappa shape index (κ2) is 8.31. The van der Waals surface area contributed by atoms with Gasteiger partial charge in [0.2, 0.25) is 0 Å². The van der Waals surface area contributed by atoms with Crippen molar-refractivity contribution in [3.8, 4) is 11.3 Å². The zero-order valence-electron chi connectivity index (χ0n) is 15.2. The molecule has 0 radical (unpaired) electrons. The number of benzene rings is 2. The standard InChI is InChI=1S/C23H20N2O3/c26-23(24-15-20-11-12-21(28-20)19-13-14-27-16-19)25-22(17-7-3-1-4-8-17)18-9-5-2-6-10-18/h1-14,16,22H,15H2,(H2,24,25,26).